The predicted molar refractivity (Wildman–Crippen MR) is 177 cm³/mol. The Morgan fingerprint density at radius 3 is 1.84 bits per heavy atom. The summed E-state index contributed by atoms with van der Waals surface area (Å²) in [5, 5.41) is 2.59. The van der Waals surface area contributed by atoms with Gasteiger partial charge >= 0.3 is 0 Å². The number of rotatable bonds is 5. The van der Waals surface area contributed by atoms with Gasteiger partial charge in [-0.25, -0.2) is 4.99 Å². The van der Waals surface area contributed by atoms with Gasteiger partial charge in [0.2, 0.25) is 0 Å². The van der Waals surface area contributed by atoms with Crippen LogP contribution in [0.4, 0.5) is 0 Å². The zero-order valence-electron chi connectivity index (χ0n) is 24.2. The van der Waals surface area contributed by atoms with Crippen LogP contribution in [0.25, 0.3) is 33.2 Å². The molecule has 0 amide bonds. The van der Waals surface area contributed by atoms with Gasteiger partial charge in [0.25, 0.3) is 0 Å². The lowest BCUT2D eigenvalue weighted by Crippen LogP contribution is -2.39. The van der Waals surface area contributed by atoms with Crippen LogP contribution in [0, 0.1) is 5.92 Å². The van der Waals surface area contributed by atoms with E-state index in [4.69, 9.17) is 15.0 Å². The van der Waals surface area contributed by atoms with E-state index in [2.05, 4.69) is 102 Å². The number of hydrogen-bond acceptors (Lipinski definition) is 3. The van der Waals surface area contributed by atoms with E-state index in [9.17, 15) is 0 Å². The predicted octanol–water partition coefficient (Wildman–Crippen LogP) is 9.33. The quantitative estimate of drug-likeness (QED) is 0.212. The first-order valence-corrected chi connectivity index (χ1v) is 15.5. The van der Waals surface area contributed by atoms with Crippen molar-refractivity contribution in [3.8, 4) is 5.69 Å². The summed E-state index contributed by atoms with van der Waals surface area (Å²) >= 11 is 0. The Balaban J connectivity index is 1.24. The van der Waals surface area contributed by atoms with Crippen molar-refractivity contribution in [1.29, 1.82) is 0 Å². The highest BCUT2D eigenvalue weighted by molar-refractivity contribution is 6.09. The number of allylic oxidation sites excluding steroid dienone is 1. The largest absolute Gasteiger partial charge is 0.309 e. The van der Waals surface area contributed by atoms with Crippen LogP contribution in [0.5, 0.6) is 0 Å². The third-order valence-corrected chi connectivity index (χ3v) is 9.65. The van der Waals surface area contributed by atoms with Crippen molar-refractivity contribution >= 4 is 33.2 Å². The van der Waals surface area contributed by atoms with Gasteiger partial charge in [-0.2, -0.15) is 0 Å². The van der Waals surface area contributed by atoms with E-state index in [1.54, 1.807) is 0 Å². The molecule has 3 aromatic carbocycles. The third kappa shape index (κ3) is 4.49. The molecule has 1 aliphatic heterocycles. The van der Waals surface area contributed by atoms with E-state index in [-0.39, 0.29) is 5.41 Å². The van der Waals surface area contributed by atoms with Crippen LogP contribution in [0.2, 0.25) is 0 Å². The molecule has 0 radical (unpaired) electrons. The summed E-state index contributed by atoms with van der Waals surface area (Å²) < 4.78 is 2.41. The van der Waals surface area contributed by atoms with Gasteiger partial charge in [0.1, 0.15) is 0 Å². The fourth-order valence-electron chi connectivity index (χ4n) is 7.59. The molecule has 0 spiro atoms. The molecule has 8 rings (SSSR count). The molecule has 6 aromatic rings. The number of fused-ring (bicyclic) bond motifs is 3. The number of hydrogen-bond donors (Lipinski definition) is 0. The van der Waals surface area contributed by atoms with E-state index in [1.807, 2.05) is 30.6 Å². The lowest BCUT2D eigenvalue weighted by atomic mass is 9.60. The average Bonchev–Trinajstić information content (AvgIpc) is 3.44. The van der Waals surface area contributed by atoms with Crippen molar-refractivity contribution in [2.45, 2.75) is 43.9 Å². The molecule has 0 saturated heterocycles. The smallest absolute Gasteiger partial charge is 0.0883 e. The molecule has 0 bridgehead atoms. The molecular weight excluding hydrogens is 524 g/mol. The first kappa shape index (κ1) is 25.8. The van der Waals surface area contributed by atoms with Gasteiger partial charge < -0.3 is 4.57 Å². The van der Waals surface area contributed by atoms with E-state index in [0.29, 0.717) is 5.92 Å². The lowest BCUT2D eigenvalue weighted by Gasteiger charge is -2.44. The van der Waals surface area contributed by atoms with Crippen LogP contribution < -0.4 is 0 Å². The summed E-state index contributed by atoms with van der Waals surface area (Å²) in [5.41, 5.74) is 9.07. The van der Waals surface area contributed by atoms with Crippen molar-refractivity contribution < 1.29 is 0 Å². The minimum absolute atomic E-state index is 0.0353. The zero-order valence-corrected chi connectivity index (χ0v) is 24.2. The highest BCUT2D eigenvalue weighted by atomic mass is 15.0. The Hall–Kier alpha value is -4.83. The molecule has 1 unspecified atom stereocenters. The number of nitrogens with zero attached hydrogens (tertiary/aromatic N) is 4. The van der Waals surface area contributed by atoms with E-state index >= 15 is 0 Å². The van der Waals surface area contributed by atoms with E-state index < -0.39 is 0 Å². The molecule has 4 heteroatoms. The topological polar surface area (TPSA) is 43.1 Å². The van der Waals surface area contributed by atoms with Crippen LogP contribution >= 0.6 is 0 Å². The maximum atomic E-state index is 5.15. The molecule has 43 heavy (non-hydrogen) atoms. The van der Waals surface area contributed by atoms with Crippen molar-refractivity contribution in [1.82, 2.24) is 14.5 Å². The number of para-hydroxylation sites is 2. The average molecular weight is 559 g/mol. The zero-order chi connectivity index (χ0) is 28.6. The van der Waals surface area contributed by atoms with Gasteiger partial charge in [-0.15, -0.1) is 0 Å². The van der Waals surface area contributed by atoms with E-state index in [0.717, 1.165) is 29.2 Å². The van der Waals surface area contributed by atoms with E-state index in [1.165, 1.54) is 65.2 Å². The normalized spacial score (nSPS) is 18.4. The minimum Gasteiger partial charge on any atom is -0.309 e. The maximum Gasteiger partial charge on any atom is 0.0883 e. The standard InChI is InChI=1S/C39H34N4/c1-8-22-39(23-9-1,29-26-35(33-14-6-10-24-40-33)42-36(27-29)34-15-7-11-25-41-34)28-18-20-30(21-19-28)43-37-16-4-2-12-31(37)32-13-3-5-17-38(32)43/h2-7,10-21,24-26,29H,1,8-9,22-23,27H2. The molecule has 1 atom stereocenters. The van der Waals surface area contributed by atoms with Gasteiger partial charge in [-0.1, -0.05) is 86.0 Å². The van der Waals surface area contributed by atoms with Crippen molar-refractivity contribution in [2.75, 3.05) is 0 Å². The molecule has 210 valence electrons. The summed E-state index contributed by atoms with van der Waals surface area (Å²) in [5.74, 6) is 0.304. The molecule has 4 nitrogen and oxygen atoms in total. The second kappa shape index (κ2) is 10.8. The van der Waals surface area contributed by atoms with Gasteiger partial charge in [0.05, 0.1) is 33.8 Å². The summed E-state index contributed by atoms with van der Waals surface area (Å²) in [7, 11) is 0. The summed E-state index contributed by atoms with van der Waals surface area (Å²) in [6.07, 6.45) is 13.2. The minimum atomic E-state index is 0.0353. The Bertz CT molecular complexity index is 1910. The summed E-state index contributed by atoms with van der Waals surface area (Å²) in [6.45, 7) is 0. The van der Waals surface area contributed by atoms with Crippen molar-refractivity contribution in [3.05, 3.63) is 145 Å². The first-order chi connectivity index (χ1) is 21.3. The van der Waals surface area contributed by atoms with Gasteiger partial charge in [-0.3, -0.25) is 9.97 Å². The molecule has 3 aromatic heterocycles. The molecule has 2 aliphatic rings. The Morgan fingerprint density at radius 1 is 0.605 bits per heavy atom. The highest BCUT2D eigenvalue weighted by Gasteiger charge is 2.42. The monoisotopic (exact) mass is 558 g/mol. The molecule has 1 fully saturated rings. The fourth-order valence-corrected chi connectivity index (χ4v) is 7.59. The van der Waals surface area contributed by atoms with Crippen molar-refractivity contribution in [3.63, 3.8) is 0 Å². The SMILES string of the molecule is C1=C(c2ccccn2)N=C(c2ccccn2)CC1C1(c2ccc(-n3c4ccccc4c4ccccc43)cc2)CCCCC1. The number of aromatic nitrogens is 3. The van der Waals surface area contributed by atoms with Crippen molar-refractivity contribution in [2.24, 2.45) is 10.9 Å². The van der Waals surface area contributed by atoms with Crippen LogP contribution in [-0.2, 0) is 5.41 Å². The number of benzene rings is 3. The molecular formula is C39H34N4. The van der Waals surface area contributed by atoms with Crippen LogP contribution in [0.1, 0.15) is 55.5 Å². The fraction of sp³-hybridized carbons (Fsp3) is 0.205. The lowest BCUT2D eigenvalue weighted by molar-refractivity contribution is 0.226. The molecule has 1 aliphatic carbocycles. The molecule has 0 N–H and O–H groups in total. The van der Waals surface area contributed by atoms with Gasteiger partial charge in [0.15, 0.2) is 0 Å². The number of pyridine rings is 2. The summed E-state index contributed by atoms with van der Waals surface area (Å²) in [4.78, 5) is 14.6. The van der Waals surface area contributed by atoms with Gasteiger partial charge in [0, 0.05) is 34.3 Å². The maximum absolute atomic E-state index is 5.15. The van der Waals surface area contributed by atoms with Crippen LogP contribution in [0.15, 0.2) is 133 Å². The molecule has 1 saturated carbocycles. The Morgan fingerprint density at radius 2 is 1.21 bits per heavy atom. The van der Waals surface area contributed by atoms with Crippen LogP contribution in [-0.4, -0.2) is 20.2 Å². The third-order valence-electron chi connectivity index (χ3n) is 9.65. The number of aliphatic imine (C=N–C) groups is 1. The highest BCUT2D eigenvalue weighted by Crippen LogP contribution is 2.49. The second-order valence-corrected chi connectivity index (χ2v) is 12.0. The second-order valence-electron chi connectivity index (χ2n) is 12.0. The summed E-state index contributed by atoms with van der Waals surface area (Å²) in [6, 6.07) is 39.2. The Kier molecular flexibility index (Phi) is 6.48. The first-order valence-electron chi connectivity index (χ1n) is 15.5. The molecule has 4 heterocycles. The Labute approximate surface area is 252 Å². The van der Waals surface area contributed by atoms with Crippen LogP contribution in [0.3, 0.4) is 0 Å². The van der Waals surface area contributed by atoms with Gasteiger partial charge in [-0.05, 0) is 79.3 Å².